The van der Waals surface area contributed by atoms with Gasteiger partial charge in [0.15, 0.2) is 0 Å². The molecule has 0 saturated carbocycles. The number of carbonyl (C=O) groups is 1. The van der Waals surface area contributed by atoms with E-state index in [2.05, 4.69) is 6.92 Å². The number of carbonyl (C=O) groups excluding carboxylic acids is 1. The summed E-state index contributed by atoms with van der Waals surface area (Å²) in [5, 5.41) is 0. The van der Waals surface area contributed by atoms with Gasteiger partial charge < -0.3 is 4.74 Å². The Morgan fingerprint density at radius 2 is 1.35 bits per heavy atom. The molecule has 0 aromatic carbocycles. The van der Waals surface area contributed by atoms with Gasteiger partial charge in [-0.25, -0.2) is 0 Å². The highest BCUT2D eigenvalue weighted by Crippen LogP contribution is 2.12. The molecule has 0 aliphatic carbocycles. The van der Waals surface area contributed by atoms with Crippen LogP contribution in [-0.4, -0.2) is 24.1 Å². The molecule has 0 saturated heterocycles. The quantitative estimate of drug-likeness (QED) is 0.291. The van der Waals surface area contributed by atoms with Crippen LogP contribution >= 0.6 is 11.8 Å². The SMILES string of the molecule is CCCCCCCCCCCCSCCOC(=O)CC. The Morgan fingerprint density at radius 3 is 1.90 bits per heavy atom. The lowest BCUT2D eigenvalue weighted by Crippen LogP contribution is -2.05. The van der Waals surface area contributed by atoms with E-state index in [-0.39, 0.29) is 5.97 Å². The van der Waals surface area contributed by atoms with E-state index < -0.39 is 0 Å². The van der Waals surface area contributed by atoms with Gasteiger partial charge in [-0.05, 0) is 12.2 Å². The number of hydrogen-bond acceptors (Lipinski definition) is 3. The van der Waals surface area contributed by atoms with Crippen molar-refractivity contribution in [1.29, 1.82) is 0 Å². The van der Waals surface area contributed by atoms with Crippen LogP contribution in [-0.2, 0) is 9.53 Å². The van der Waals surface area contributed by atoms with Gasteiger partial charge in [-0.2, -0.15) is 11.8 Å². The van der Waals surface area contributed by atoms with Gasteiger partial charge in [-0.15, -0.1) is 0 Å². The molecular weight excluding hydrogens is 268 g/mol. The monoisotopic (exact) mass is 302 g/mol. The summed E-state index contributed by atoms with van der Waals surface area (Å²) < 4.78 is 5.03. The fourth-order valence-corrected chi connectivity index (χ4v) is 2.92. The minimum absolute atomic E-state index is 0.0791. The maximum atomic E-state index is 10.9. The lowest BCUT2D eigenvalue weighted by molar-refractivity contribution is -0.142. The molecule has 0 N–H and O–H groups in total. The molecule has 0 unspecified atom stereocenters. The van der Waals surface area contributed by atoms with Crippen molar-refractivity contribution in [2.75, 3.05) is 18.1 Å². The molecule has 20 heavy (non-hydrogen) atoms. The lowest BCUT2D eigenvalue weighted by atomic mass is 10.1. The zero-order chi connectivity index (χ0) is 14.9. The minimum atomic E-state index is -0.0791. The van der Waals surface area contributed by atoms with Crippen molar-refractivity contribution in [3.63, 3.8) is 0 Å². The van der Waals surface area contributed by atoms with E-state index in [1.807, 2.05) is 18.7 Å². The van der Waals surface area contributed by atoms with E-state index in [9.17, 15) is 4.79 Å². The van der Waals surface area contributed by atoms with E-state index in [0.717, 1.165) is 5.75 Å². The van der Waals surface area contributed by atoms with Crippen molar-refractivity contribution in [2.45, 2.75) is 84.5 Å². The van der Waals surface area contributed by atoms with Crippen LogP contribution in [0.4, 0.5) is 0 Å². The predicted molar refractivity (Wildman–Crippen MR) is 90.4 cm³/mol. The molecule has 0 rings (SSSR count). The number of unbranched alkanes of at least 4 members (excludes halogenated alkanes) is 9. The van der Waals surface area contributed by atoms with Gasteiger partial charge in [0.1, 0.15) is 6.61 Å². The molecule has 0 spiro atoms. The summed E-state index contributed by atoms with van der Waals surface area (Å²) in [5.74, 6) is 2.08. The maximum Gasteiger partial charge on any atom is 0.305 e. The molecule has 0 fully saturated rings. The molecule has 0 aromatic heterocycles. The Balaban J connectivity index is 2.97. The normalized spacial score (nSPS) is 10.7. The van der Waals surface area contributed by atoms with Gasteiger partial charge in [-0.3, -0.25) is 4.79 Å². The zero-order valence-corrected chi connectivity index (χ0v) is 14.4. The van der Waals surface area contributed by atoms with E-state index in [0.29, 0.717) is 13.0 Å². The molecule has 3 heteroatoms. The lowest BCUT2D eigenvalue weighted by Gasteiger charge is -2.04. The van der Waals surface area contributed by atoms with Crippen LogP contribution in [0.15, 0.2) is 0 Å². The third-order valence-electron chi connectivity index (χ3n) is 3.42. The van der Waals surface area contributed by atoms with Gasteiger partial charge in [0.25, 0.3) is 0 Å². The first-order valence-electron chi connectivity index (χ1n) is 8.54. The summed E-state index contributed by atoms with van der Waals surface area (Å²) >= 11 is 1.91. The molecular formula is C17H34O2S. The molecule has 0 bridgehead atoms. The molecule has 2 nitrogen and oxygen atoms in total. The van der Waals surface area contributed by atoms with Crippen LogP contribution in [0.2, 0.25) is 0 Å². The molecule has 0 amide bonds. The van der Waals surface area contributed by atoms with E-state index in [4.69, 9.17) is 4.74 Å². The van der Waals surface area contributed by atoms with E-state index in [1.165, 1.54) is 70.0 Å². The molecule has 120 valence electrons. The first-order chi connectivity index (χ1) is 9.81. The number of ether oxygens (including phenoxy) is 1. The molecule has 0 aliphatic rings. The topological polar surface area (TPSA) is 26.3 Å². The number of esters is 1. The van der Waals surface area contributed by atoms with Crippen LogP contribution < -0.4 is 0 Å². The van der Waals surface area contributed by atoms with E-state index >= 15 is 0 Å². The Labute approximate surface area is 130 Å². The van der Waals surface area contributed by atoms with Gasteiger partial charge >= 0.3 is 5.97 Å². The second-order valence-corrected chi connectivity index (χ2v) is 6.59. The molecule has 0 radical (unpaired) electrons. The number of rotatable bonds is 15. The van der Waals surface area contributed by atoms with E-state index in [1.54, 1.807) is 0 Å². The van der Waals surface area contributed by atoms with Crippen molar-refractivity contribution in [3.05, 3.63) is 0 Å². The average molecular weight is 303 g/mol. The van der Waals surface area contributed by atoms with Gasteiger partial charge in [-0.1, -0.05) is 71.6 Å². The summed E-state index contributed by atoms with van der Waals surface area (Å²) in [6.07, 6.45) is 14.4. The molecule has 0 atom stereocenters. The Morgan fingerprint density at radius 1 is 0.800 bits per heavy atom. The zero-order valence-electron chi connectivity index (χ0n) is 13.6. The van der Waals surface area contributed by atoms with Crippen LogP contribution in [0.5, 0.6) is 0 Å². The van der Waals surface area contributed by atoms with Gasteiger partial charge in [0.2, 0.25) is 0 Å². The highest BCUT2D eigenvalue weighted by atomic mass is 32.2. The summed E-state index contributed by atoms with van der Waals surface area (Å²) in [6, 6.07) is 0. The van der Waals surface area contributed by atoms with Crippen molar-refractivity contribution in [3.8, 4) is 0 Å². The summed E-state index contributed by atoms with van der Waals surface area (Å²) in [6.45, 7) is 4.68. The largest absolute Gasteiger partial charge is 0.465 e. The first-order valence-corrected chi connectivity index (χ1v) is 9.70. The molecule has 0 aliphatic heterocycles. The second kappa shape index (κ2) is 16.9. The third kappa shape index (κ3) is 15.9. The highest BCUT2D eigenvalue weighted by Gasteiger charge is 1.97. The number of hydrogen-bond donors (Lipinski definition) is 0. The van der Waals surface area contributed by atoms with Crippen LogP contribution in [0, 0.1) is 0 Å². The Bertz CT molecular complexity index is 207. The standard InChI is InChI=1S/C17H34O2S/c1-3-5-6-7-8-9-10-11-12-13-15-20-16-14-19-17(18)4-2/h3-16H2,1-2H3. The van der Waals surface area contributed by atoms with Crippen LogP contribution in [0.25, 0.3) is 0 Å². The predicted octanol–water partition coefficient (Wildman–Crippen LogP) is 5.59. The summed E-state index contributed by atoms with van der Waals surface area (Å²) in [4.78, 5) is 10.9. The van der Waals surface area contributed by atoms with Gasteiger partial charge in [0, 0.05) is 12.2 Å². The number of thioether (sulfide) groups is 1. The van der Waals surface area contributed by atoms with Crippen molar-refractivity contribution >= 4 is 17.7 Å². The smallest absolute Gasteiger partial charge is 0.305 e. The first kappa shape index (κ1) is 19.8. The molecule has 0 heterocycles. The van der Waals surface area contributed by atoms with Gasteiger partial charge in [0.05, 0.1) is 0 Å². The van der Waals surface area contributed by atoms with Crippen LogP contribution in [0.3, 0.4) is 0 Å². The fraction of sp³-hybridized carbons (Fsp3) is 0.941. The maximum absolute atomic E-state index is 10.9. The van der Waals surface area contributed by atoms with Crippen LogP contribution in [0.1, 0.15) is 84.5 Å². The summed E-state index contributed by atoms with van der Waals surface area (Å²) in [7, 11) is 0. The average Bonchev–Trinajstić information content (AvgIpc) is 2.47. The molecule has 0 aromatic rings. The fourth-order valence-electron chi connectivity index (χ4n) is 2.11. The highest BCUT2D eigenvalue weighted by molar-refractivity contribution is 7.99. The Hall–Kier alpha value is -0.180. The minimum Gasteiger partial charge on any atom is -0.465 e. The van der Waals surface area contributed by atoms with Crippen molar-refractivity contribution in [2.24, 2.45) is 0 Å². The van der Waals surface area contributed by atoms with Crippen molar-refractivity contribution < 1.29 is 9.53 Å². The third-order valence-corrected chi connectivity index (χ3v) is 4.45. The van der Waals surface area contributed by atoms with Crippen molar-refractivity contribution in [1.82, 2.24) is 0 Å². The Kier molecular flexibility index (Phi) is 16.7. The second-order valence-electron chi connectivity index (χ2n) is 5.37. The summed E-state index contributed by atoms with van der Waals surface area (Å²) in [5.41, 5.74) is 0.